The second-order valence-electron chi connectivity index (χ2n) is 10.7. The van der Waals surface area contributed by atoms with Gasteiger partial charge in [-0.25, -0.2) is 0 Å². The first-order chi connectivity index (χ1) is 19.4. The molecule has 1 amide bonds. The predicted molar refractivity (Wildman–Crippen MR) is 154 cm³/mol. The molecule has 0 bridgehead atoms. The zero-order valence-electron chi connectivity index (χ0n) is 23.0. The van der Waals surface area contributed by atoms with E-state index in [1.807, 2.05) is 41.3 Å². The number of likely N-dealkylation sites (tertiary alicyclic amines) is 2. The lowest BCUT2D eigenvalue weighted by Gasteiger charge is -2.47. The average molecular weight is 563 g/mol. The van der Waals surface area contributed by atoms with E-state index in [1.54, 1.807) is 19.2 Å². The summed E-state index contributed by atoms with van der Waals surface area (Å²) in [6.45, 7) is 5.53. The van der Waals surface area contributed by atoms with Crippen molar-refractivity contribution in [2.75, 3.05) is 33.3 Å². The fourth-order valence-electron chi connectivity index (χ4n) is 5.75. The summed E-state index contributed by atoms with van der Waals surface area (Å²) in [6, 6.07) is 20.7. The van der Waals surface area contributed by atoms with E-state index >= 15 is 0 Å². The van der Waals surface area contributed by atoms with Crippen LogP contribution in [0.15, 0.2) is 66.7 Å². The lowest BCUT2D eigenvalue weighted by molar-refractivity contribution is -0.131. The van der Waals surface area contributed by atoms with Crippen LogP contribution in [0.3, 0.4) is 0 Å². The van der Waals surface area contributed by atoms with E-state index in [2.05, 4.69) is 17.0 Å². The van der Waals surface area contributed by atoms with Gasteiger partial charge in [-0.05, 0) is 74.5 Å². The first-order valence-electron chi connectivity index (χ1n) is 13.7. The number of carbonyl (C=O) groups excluding carboxylic acids is 2. The van der Waals surface area contributed by atoms with Gasteiger partial charge in [0.25, 0.3) is 5.91 Å². The molecule has 40 heavy (non-hydrogen) atoms. The van der Waals surface area contributed by atoms with Crippen molar-refractivity contribution in [3.8, 4) is 23.0 Å². The number of nitrogens with zero attached hydrogens (tertiary/aromatic N) is 2. The van der Waals surface area contributed by atoms with E-state index in [0.29, 0.717) is 35.2 Å². The summed E-state index contributed by atoms with van der Waals surface area (Å²) in [5.74, 6) is 1.88. The van der Waals surface area contributed by atoms with Gasteiger partial charge in [-0.1, -0.05) is 41.9 Å². The van der Waals surface area contributed by atoms with Crippen molar-refractivity contribution in [3.63, 3.8) is 0 Å². The summed E-state index contributed by atoms with van der Waals surface area (Å²) >= 11 is 6.08. The molecular weight excluding hydrogens is 528 g/mol. The van der Waals surface area contributed by atoms with Crippen molar-refractivity contribution in [1.82, 2.24) is 9.80 Å². The van der Waals surface area contributed by atoms with Crippen molar-refractivity contribution in [1.29, 1.82) is 0 Å². The zero-order chi connectivity index (χ0) is 28.1. The number of para-hydroxylation sites is 3. The lowest BCUT2D eigenvalue weighted by atomic mass is 9.71. The average Bonchev–Trinajstić information content (AvgIpc) is 2.95. The molecule has 3 aromatic carbocycles. The van der Waals surface area contributed by atoms with E-state index in [9.17, 15) is 9.59 Å². The molecule has 2 aliphatic rings. The van der Waals surface area contributed by atoms with E-state index in [4.69, 9.17) is 25.8 Å². The summed E-state index contributed by atoms with van der Waals surface area (Å²) < 4.78 is 17.0. The van der Waals surface area contributed by atoms with Crippen LogP contribution in [0.4, 0.5) is 0 Å². The van der Waals surface area contributed by atoms with Crippen LogP contribution >= 0.6 is 11.6 Å². The molecule has 0 aromatic heterocycles. The van der Waals surface area contributed by atoms with Gasteiger partial charge < -0.3 is 19.1 Å². The molecular formula is C32H35ClN2O5. The first kappa shape index (κ1) is 28.0. The third kappa shape index (κ3) is 6.43. The van der Waals surface area contributed by atoms with Crippen LogP contribution in [0.1, 0.15) is 48.5 Å². The highest BCUT2D eigenvalue weighted by Crippen LogP contribution is 2.42. The number of esters is 1. The van der Waals surface area contributed by atoms with Gasteiger partial charge >= 0.3 is 5.97 Å². The Labute approximate surface area is 240 Å². The summed E-state index contributed by atoms with van der Waals surface area (Å²) in [5, 5.41) is 0.422. The fraction of sp³-hybridized carbons (Fsp3) is 0.375. The Balaban J connectivity index is 1.17. The van der Waals surface area contributed by atoms with Crippen LogP contribution < -0.4 is 14.2 Å². The molecule has 7 nitrogen and oxygen atoms in total. The predicted octanol–water partition coefficient (Wildman–Crippen LogP) is 6.58. The van der Waals surface area contributed by atoms with Gasteiger partial charge in [0.15, 0.2) is 11.5 Å². The molecule has 0 N–H and O–H groups in total. The topological polar surface area (TPSA) is 68.3 Å². The molecule has 0 radical (unpaired) electrons. The Hall–Kier alpha value is -3.55. The molecule has 0 saturated carbocycles. The molecule has 5 rings (SSSR count). The van der Waals surface area contributed by atoms with Gasteiger partial charge in [-0.2, -0.15) is 0 Å². The number of benzene rings is 3. The number of hydrogen-bond acceptors (Lipinski definition) is 6. The van der Waals surface area contributed by atoms with Crippen LogP contribution in [0, 0.1) is 5.41 Å². The van der Waals surface area contributed by atoms with Crippen molar-refractivity contribution in [2.45, 2.75) is 39.2 Å². The second-order valence-corrected chi connectivity index (χ2v) is 11.1. The summed E-state index contributed by atoms with van der Waals surface area (Å²) in [7, 11) is 1.65. The van der Waals surface area contributed by atoms with Crippen LogP contribution in [-0.4, -0.2) is 55.0 Å². The smallest absolute Gasteiger partial charge is 0.308 e. The second kappa shape index (κ2) is 12.3. The highest BCUT2D eigenvalue weighted by molar-refractivity contribution is 6.30. The third-order valence-electron chi connectivity index (χ3n) is 8.11. The molecule has 2 fully saturated rings. The number of carbonyl (C=O) groups is 2. The molecule has 0 unspecified atom stereocenters. The summed E-state index contributed by atoms with van der Waals surface area (Å²) in [6.07, 6.45) is 4.14. The molecule has 2 saturated heterocycles. The monoisotopic (exact) mass is 562 g/mol. The molecule has 0 aliphatic carbocycles. The number of methoxy groups -OCH3 is 1. The SMILES string of the molecule is COc1ccccc1Oc1ccccc1CN1CCC2(CC1)CCN(C(=O)c1ccc(Cl)cc1OC(C)=O)CC2. The van der Waals surface area contributed by atoms with Crippen molar-refractivity contribution < 1.29 is 23.8 Å². The normalized spacial score (nSPS) is 16.9. The molecule has 2 heterocycles. The Morgan fingerprint density at radius 1 is 0.825 bits per heavy atom. The first-order valence-corrected chi connectivity index (χ1v) is 14.1. The largest absolute Gasteiger partial charge is 0.493 e. The van der Waals surface area contributed by atoms with E-state index in [1.165, 1.54) is 13.0 Å². The minimum Gasteiger partial charge on any atom is -0.493 e. The van der Waals surface area contributed by atoms with Crippen LogP contribution in [0.2, 0.25) is 5.02 Å². The number of ether oxygens (including phenoxy) is 3. The number of halogens is 1. The molecule has 3 aromatic rings. The zero-order valence-corrected chi connectivity index (χ0v) is 23.8. The van der Waals surface area contributed by atoms with E-state index in [-0.39, 0.29) is 17.1 Å². The highest BCUT2D eigenvalue weighted by Gasteiger charge is 2.39. The highest BCUT2D eigenvalue weighted by atomic mass is 35.5. The Bertz CT molecular complexity index is 1360. The van der Waals surface area contributed by atoms with Gasteiger partial charge in [0.05, 0.1) is 12.7 Å². The number of amides is 1. The maximum Gasteiger partial charge on any atom is 0.308 e. The van der Waals surface area contributed by atoms with Crippen molar-refractivity contribution in [2.24, 2.45) is 5.41 Å². The minimum atomic E-state index is -0.477. The third-order valence-corrected chi connectivity index (χ3v) is 8.35. The fourth-order valence-corrected chi connectivity index (χ4v) is 5.91. The number of rotatable bonds is 7. The summed E-state index contributed by atoms with van der Waals surface area (Å²) in [4.78, 5) is 29.2. The Morgan fingerprint density at radius 2 is 1.45 bits per heavy atom. The van der Waals surface area contributed by atoms with Crippen LogP contribution in [0.5, 0.6) is 23.0 Å². The maximum absolute atomic E-state index is 13.3. The molecule has 2 aliphatic heterocycles. The maximum atomic E-state index is 13.3. The van der Waals surface area contributed by atoms with Crippen LogP contribution in [0.25, 0.3) is 0 Å². The van der Waals surface area contributed by atoms with Gasteiger partial charge in [0, 0.05) is 43.2 Å². The van der Waals surface area contributed by atoms with Crippen molar-refractivity contribution in [3.05, 3.63) is 82.9 Å². The lowest BCUT2D eigenvalue weighted by Crippen LogP contribution is -2.48. The Morgan fingerprint density at radius 3 is 2.12 bits per heavy atom. The van der Waals surface area contributed by atoms with Gasteiger partial charge in [-0.15, -0.1) is 0 Å². The standard InChI is InChI=1S/C32H35ClN2O5/c1-23(36)39-30-21-25(33)11-12-26(30)31(37)35-19-15-32(16-20-35)13-17-34(18-14-32)22-24-7-3-4-8-27(24)40-29-10-6-5-9-28(29)38-2/h3-12,21H,13-20,22H2,1-2H3. The van der Waals surface area contributed by atoms with E-state index in [0.717, 1.165) is 56.6 Å². The van der Waals surface area contributed by atoms with Crippen molar-refractivity contribution >= 4 is 23.5 Å². The van der Waals surface area contributed by atoms with Gasteiger partial charge in [0.2, 0.25) is 0 Å². The quantitative estimate of drug-likeness (QED) is 0.239. The molecule has 1 spiro atoms. The molecule has 210 valence electrons. The van der Waals surface area contributed by atoms with Crippen LogP contribution in [-0.2, 0) is 11.3 Å². The number of piperidine rings is 2. The molecule has 0 atom stereocenters. The van der Waals surface area contributed by atoms with Gasteiger partial charge in [-0.3, -0.25) is 14.5 Å². The van der Waals surface area contributed by atoms with Gasteiger partial charge in [0.1, 0.15) is 11.5 Å². The number of hydrogen-bond donors (Lipinski definition) is 0. The Kier molecular flexibility index (Phi) is 8.62. The summed E-state index contributed by atoms with van der Waals surface area (Å²) in [5.41, 5.74) is 1.77. The molecule has 8 heteroatoms. The van der Waals surface area contributed by atoms with E-state index < -0.39 is 5.97 Å². The minimum absolute atomic E-state index is 0.119.